The van der Waals surface area contributed by atoms with Crippen LogP contribution >= 0.6 is 0 Å². The van der Waals surface area contributed by atoms with Crippen LogP contribution in [0.1, 0.15) is 56.4 Å². The van der Waals surface area contributed by atoms with E-state index in [0.717, 1.165) is 32.5 Å². The van der Waals surface area contributed by atoms with Crippen LogP contribution in [0.3, 0.4) is 0 Å². The molecule has 1 N–H and O–H groups in total. The van der Waals surface area contributed by atoms with E-state index in [9.17, 15) is 9.59 Å². The zero-order valence-electron chi connectivity index (χ0n) is 16.1. The van der Waals surface area contributed by atoms with Crippen molar-refractivity contribution < 1.29 is 9.59 Å². The van der Waals surface area contributed by atoms with E-state index in [1.54, 1.807) is 24.0 Å². The molecular weight excluding hydrogens is 330 g/mol. The van der Waals surface area contributed by atoms with Crippen molar-refractivity contribution in [2.24, 2.45) is 7.05 Å². The normalized spacial score (nSPS) is 24.1. The van der Waals surface area contributed by atoms with Crippen LogP contribution in [-0.4, -0.2) is 69.2 Å². The highest BCUT2D eigenvalue weighted by molar-refractivity contribution is 5.92. The number of carbonyl (C=O) groups excluding carboxylic acids is 2. The van der Waals surface area contributed by atoms with Crippen LogP contribution in [0.5, 0.6) is 0 Å². The fraction of sp³-hybridized carbons (Fsp3) is 0.737. The Morgan fingerprint density at radius 1 is 1.27 bits per heavy atom. The van der Waals surface area contributed by atoms with Gasteiger partial charge in [0.15, 0.2) is 0 Å². The summed E-state index contributed by atoms with van der Waals surface area (Å²) in [5.74, 6) is 0.0940. The van der Waals surface area contributed by atoms with Gasteiger partial charge >= 0.3 is 0 Å². The van der Waals surface area contributed by atoms with Crippen LogP contribution in [-0.2, 0) is 11.8 Å². The summed E-state index contributed by atoms with van der Waals surface area (Å²) < 4.78 is 1.58. The number of nitrogens with one attached hydrogen (secondary N) is 1. The second-order valence-corrected chi connectivity index (χ2v) is 7.41. The lowest BCUT2D eigenvalue weighted by molar-refractivity contribution is -0.136. The smallest absolute Gasteiger partial charge is 0.269 e. The molecule has 0 bridgehead atoms. The minimum Gasteiger partial charge on any atom is -0.347 e. The fourth-order valence-electron chi connectivity index (χ4n) is 4.45. The first-order valence-corrected chi connectivity index (χ1v) is 9.88. The summed E-state index contributed by atoms with van der Waals surface area (Å²) in [6.07, 6.45) is 7.10. The van der Waals surface area contributed by atoms with Crippen molar-refractivity contribution in [3.8, 4) is 0 Å². The first-order valence-electron chi connectivity index (χ1n) is 9.88. The molecule has 144 valence electrons. The summed E-state index contributed by atoms with van der Waals surface area (Å²) in [5.41, 5.74) is 0.552. The number of hydrogen-bond donors (Lipinski definition) is 1. The molecule has 2 amide bonds. The molecule has 2 atom stereocenters. The first-order chi connectivity index (χ1) is 12.5. The number of aryl methyl sites for hydroxylation is 1. The molecule has 1 aliphatic heterocycles. The Kier molecular flexibility index (Phi) is 5.96. The topological polar surface area (TPSA) is 70.5 Å². The molecule has 1 saturated carbocycles. The van der Waals surface area contributed by atoms with Crippen molar-refractivity contribution in [3.05, 3.63) is 18.0 Å². The molecule has 7 heteroatoms. The van der Waals surface area contributed by atoms with Crippen molar-refractivity contribution >= 4 is 11.8 Å². The van der Waals surface area contributed by atoms with E-state index in [2.05, 4.69) is 15.3 Å². The third-order valence-electron chi connectivity index (χ3n) is 5.88. The Bertz CT molecular complexity index is 634. The fourth-order valence-corrected chi connectivity index (χ4v) is 4.45. The molecule has 0 unspecified atom stereocenters. The minimum atomic E-state index is -0.116. The van der Waals surface area contributed by atoms with Gasteiger partial charge in [-0.15, -0.1) is 0 Å². The number of amides is 2. The van der Waals surface area contributed by atoms with E-state index in [4.69, 9.17) is 0 Å². The maximum atomic E-state index is 13.0. The van der Waals surface area contributed by atoms with E-state index in [1.165, 1.54) is 12.8 Å². The van der Waals surface area contributed by atoms with Gasteiger partial charge in [0.05, 0.1) is 6.04 Å². The van der Waals surface area contributed by atoms with Gasteiger partial charge in [0.1, 0.15) is 5.69 Å². The molecule has 1 aromatic rings. The van der Waals surface area contributed by atoms with E-state index in [0.29, 0.717) is 18.2 Å². The van der Waals surface area contributed by atoms with Crippen molar-refractivity contribution in [2.45, 2.75) is 64.1 Å². The lowest BCUT2D eigenvalue weighted by Gasteiger charge is -2.32. The molecule has 1 aromatic heterocycles. The zero-order valence-corrected chi connectivity index (χ0v) is 16.1. The number of nitrogens with zero attached hydrogens (tertiary/aromatic N) is 4. The average Bonchev–Trinajstić information content (AvgIpc) is 3.35. The number of likely N-dealkylation sites (tertiary alicyclic amines) is 1. The van der Waals surface area contributed by atoms with Gasteiger partial charge in [0.2, 0.25) is 5.91 Å². The summed E-state index contributed by atoms with van der Waals surface area (Å²) in [6, 6.07) is 2.08. The highest BCUT2D eigenvalue weighted by Crippen LogP contribution is 2.31. The van der Waals surface area contributed by atoms with E-state index < -0.39 is 0 Å². The quantitative estimate of drug-likeness (QED) is 0.832. The Morgan fingerprint density at radius 2 is 1.96 bits per heavy atom. The van der Waals surface area contributed by atoms with Gasteiger partial charge in [0, 0.05) is 45.0 Å². The highest BCUT2D eigenvalue weighted by Gasteiger charge is 2.42. The molecule has 2 fully saturated rings. The predicted molar refractivity (Wildman–Crippen MR) is 99.8 cm³/mol. The van der Waals surface area contributed by atoms with Crippen molar-refractivity contribution in [1.82, 2.24) is 24.9 Å². The van der Waals surface area contributed by atoms with Gasteiger partial charge in [-0.1, -0.05) is 12.8 Å². The predicted octanol–water partition coefficient (Wildman–Crippen LogP) is 1.40. The number of likely N-dealkylation sites (N-methyl/N-ethyl adjacent to an activating group) is 1. The zero-order chi connectivity index (χ0) is 18.7. The Morgan fingerprint density at radius 3 is 2.54 bits per heavy atom. The molecule has 2 aliphatic rings. The van der Waals surface area contributed by atoms with Crippen LogP contribution < -0.4 is 5.32 Å². The number of aromatic nitrogens is 2. The highest BCUT2D eigenvalue weighted by atomic mass is 16.2. The molecular formula is C19H31N5O2. The van der Waals surface area contributed by atoms with Gasteiger partial charge in [-0.3, -0.25) is 19.2 Å². The molecule has 7 nitrogen and oxygen atoms in total. The van der Waals surface area contributed by atoms with Crippen molar-refractivity contribution in [2.75, 3.05) is 19.6 Å². The van der Waals surface area contributed by atoms with E-state index in [-0.39, 0.29) is 23.9 Å². The molecule has 2 heterocycles. The molecule has 0 spiro atoms. The average molecular weight is 361 g/mol. The summed E-state index contributed by atoms with van der Waals surface area (Å²) in [5, 5.41) is 7.19. The summed E-state index contributed by atoms with van der Waals surface area (Å²) >= 11 is 0. The number of hydrogen-bond acceptors (Lipinski definition) is 4. The number of rotatable bonds is 6. The molecule has 26 heavy (non-hydrogen) atoms. The van der Waals surface area contributed by atoms with Gasteiger partial charge in [-0.25, -0.2) is 0 Å². The molecule has 1 aliphatic carbocycles. The maximum absolute atomic E-state index is 13.0. The van der Waals surface area contributed by atoms with Crippen molar-refractivity contribution in [3.63, 3.8) is 0 Å². The third kappa shape index (κ3) is 3.77. The van der Waals surface area contributed by atoms with Crippen LogP contribution in [0, 0.1) is 0 Å². The largest absolute Gasteiger partial charge is 0.347 e. The maximum Gasteiger partial charge on any atom is 0.269 e. The monoisotopic (exact) mass is 361 g/mol. The molecule has 0 radical (unpaired) electrons. The van der Waals surface area contributed by atoms with E-state index >= 15 is 0 Å². The SMILES string of the molecule is CCN(CC)C(=O)[C@@H]1C[C@@H](NC(=O)c2ccnn2C)CN1C1CCCC1. The van der Waals surface area contributed by atoms with Gasteiger partial charge < -0.3 is 10.2 Å². The van der Waals surface area contributed by atoms with Gasteiger partial charge in [-0.05, 0) is 39.2 Å². The van der Waals surface area contributed by atoms with E-state index in [1.807, 2.05) is 18.7 Å². The standard InChI is InChI=1S/C19H31N5O2/c1-4-23(5-2)19(26)17-12-14(13-24(17)15-8-6-7-9-15)21-18(25)16-10-11-20-22(16)3/h10-11,14-15,17H,4-9,12-13H2,1-3H3,(H,21,25)/t14-,17+/m1/s1. The lowest BCUT2D eigenvalue weighted by Crippen LogP contribution is -2.48. The summed E-state index contributed by atoms with van der Waals surface area (Å²) in [6.45, 7) is 6.27. The Hall–Kier alpha value is -1.89. The molecule has 1 saturated heterocycles. The van der Waals surface area contributed by atoms with Crippen LogP contribution in [0.25, 0.3) is 0 Å². The third-order valence-corrected chi connectivity index (χ3v) is 5.88. The molecule has 0 aromatic carbocycles. The van der Waals surface area contributed by atoms with Gasteiger partial charge in [0.25, 0.3) is 5.91 Å². The van der Waals surface area contributed by atoms with Crippen LogP contribution in [0.2, 0.25) is 0 Å². The second-order valence-electron chi connectivity index (χ2n) is 7.41. The van der Waals surface area contributed by atoms with Crippen molar-refractivity contribution in [1.29, 1.82) is 0 Å². The molecule has 3 rings (SSSR count). The Balaban J connectivity index is 1.72. The minimum absolute atomic E-state index is 0.00233. The lowest BCUT2D eigenvalue weighted by atomic mass is 10.1. The Labute approximate surface area is 155 Å². The van der Waals surface area contributed by atoms with Gasteiger partial charge in [-0.2, -0.15) is 5.10 Å². The number of carbonyl (C=O) groups is 2. The summed E-state index contributed by atoms with van der Waals surface area (Å²) in [7, 11) is 1.76. The van der Waals surface area contributed by atoms with Crippen LogP contribution in [0.4, 0.5) is 0 Å². The summed E-state index contributed by atoms with van der Waals surface area (Å²) in [4.78, 5) is 29.9. The first kappa shape index (κ1) is 18.9. The van der Waals surface area contributed by atoms with Crippen LogP contribution in [0.15, 0.2) is 12.3 Å². The second kappa shape index (κ2) is 8.20.